The van der Waals surface area contributed by atoms with E-state index in [1.165, 1.54) is 0 Å². The van der Waals surface area contributed by atoms with Crippen LogP contribution in [0.2, 0.25) is 0 Å². The van der Waals surface area contributed by atoms with Gasteiger partial charge in [0.1, 0.15) is 5.76 Å². The molecule has 0 radical (unpaired) electrons. The van der Waals surface area contributed by atoms with Crippen molar-refractivity contribution in [2.24, 2.45) is 0 Å². The monoisotopic (exact) mass is 436 g/mol. The summed E-state index contributed by atoms with van der Waals surface area (Å²) in [6.45, 7) is 3.93. The number of carbonyl (C=O) groups is 3. The van der Waals surface area contributed by atoms with Gasteiger partial charge in [0.25, 0.3) is 0 Å². The molecule has 2 aromatic rings. The van der Waals surface area contributed by atoms with Crippen LogP contribution in [0.15, 0.2) is 101 Å². The van der Waals surface area contributed by atoms with Gasteiger partial charge in [-0.15, -0.1) is 0 Å². The largest absolute Gasteiger partial charge is 0.507 e. The summed E-state index contributed by atoms with van der Waals surface area (Å²) in [5.41, 5.74) is 4.16. The van der Waals surface area contributed by atoms with E-state index in [9.17, 15) is 19.5 Å². The molecule has 4 nitrogen and oxygen atoms in total. The molecule has 0 aromatic heterocycles. The lowest BCUT2D eigenvalue weighted by atomic mass is 10.0. The van der Waals surface area contributed by atoms with E-state index < -0.39 is 0 Å². The van der Waals surface area contributed by atoms with Gasteiger partial charge in [0.05, 0.1) is 11.1 Å². The van der Waals surface area contributed by atoms with Crippen molar-refractivity contribution in [1.29, 1.82) is 0 Å². The van der Waals surface area contributed by atoms with Gasteiger partial charge in [-0.1, -0.05) is 80.6 Å². The zero-order chi connectivity index (χ0) is 23.5. The van der Waals surface area contributed by atoms with Crippen LogP contribution in [-0.2, 0) is 0 Å². The first kappa shape index (κ1) is 22.2. The molecule has 2 aliphatic carbocycles. The smallest absolute Gasteiger partial charge is 0.197 e. The average molecular weight is 437 g/mol. The Morgan fingerprint density at radius 1 is 0.758 bits per heavy atom. The van der Waals surface area contributed by atoms with Gasteiger partial charge < -0.3 is 5.11 Å². The van der Waals surface area contributed by atoms with Crippen molar-refractivity contribution < 1.29 is 19.5 Å². The van der Waals surface area contributed by atoms with Crippen LogP contribution in [0.25, 0.3) is 5.76 Å². The Bertz CT molecular complexity index is 1290. The van der Waals surface area contributed by atoms with Crippen molar-refractivity contribution in [3.63, 3.8) is 0 Å². The molecule has 0 bridgehead atoms. The number of aliphatic hydroxyl groups is 1. The first-order valence-electron chi connectivity index (χ1n) is 11.0. The van der Waals surface area contributed by atoms with Crippen molar-refractivity contribution in [3.8, 4) is 0 Å². The minimum absolute atomic E-state index is 0.00213. The third-order valence-corrected chi connectivity index (χ3v) is 5.93. The molecule has 0 saturated heterocycles. The molecule has 2 aromatic carbocycles. The van der Waals surface area contributed by atoms with E-state index in [-0.39, 0.29) is 28.7 Å². The highest BCUT2D eigenvalue weighted by Gasteiger charge is 2.32. The van der Waals surface area contributed by atoms with Crippen molar-refractivity contribution in [3.05, 3.63) is 123 Å². The first-order chi connectivity index (χ1) is 16.0. The van der Waals surface area contributed by atoms with Gasteiger partial charge in [0.2, 0.25) is 0 Å². The second-order valence-electron chi connectivity index (χ2n) is 7.93. The van der Waals surface area contributed by atoms with Crippen LogP contribution in [0.3, 0.4) is 0 Å². The molecular formula is C29H24O4. The van der Waals surface area contributed by atoms with Gasteiger partial charge in [0.15, 0.2) is 17.3 Å². The summed E-state index contributed by atoms with van der Waals surface area (Å²) in [6, 6.07) is 13.9. The summed E-state index contributed by atoms with van der Waals surface area (Å²) < 4.78 is 0. The molecule has 0 amide bonds. The van der Waals surface area contributed by atoms with Crippen LogP contribution >= 0.6 is 0 Å². The predicted molar refractivity (Wildman–Crippen MR) is 129 cm³/mol. The van der Waals surface area contributed by atoms with Crippen molar-refractivity contribution in [2.75, 3.05) is 0 Å². The molecule has 0 unspecified atom stereocenters. The lowest BCUT2D eigenvalue weighted by Gasteiger charge is -2.01. The summed E-state index contributed by atoms with van der Waals surface area (Å²) in [4.78, 5) is 37.9. The fourth-order valence-corrected chi connectivity index (χ4v) is 4.02. The van der Waals surface area contributed by atoms with Gasteiger partial charge in [-0.3, -0.25) is 14.4 Å². The molecule has 0 fully saturated rings. The van der Waals surface area contributed by atoms with Crippen molar-refractivity contribution in [1.82, 2.24) is 0 Å². The molecule has 0 saturated carbocycles. The fourth-order valence-electron chi connectivity index (χ4n) is 4.02. The number of benzene rings is 2. The molecule has 33 heavy (non-hydrogen) atoms. The van der Waals surface area contributed by atoms with Gasteiger partial charge in [-0.05, 0) is 36.1 Å². The highest BCUT2D eigenvalue weighted by atomic mass is 16.3. The average Bonchev–Trinajstić information content (AvgIpc) is 3.23. The number of Topliss-reactive ketones (excluding diaryl/α,β-unsaturated/α-hetero) is 3. The number of fused-ring (bicyclic) bond motifs is 2. The molecule has 1 N–H and O–H groups in total. The Balaban J connectivity index is 1.58. The SMILES string of the molecule is CC\C(C=C1C(=O)c2ccccc2C1=O)=C/C=C/C(=C/C1=C(O)c2ccccc2C1=O)CC. The van der Waals surface area contributed by atoms with E-state index in [1.54, 1.807) is 60.7 Å². The zero-order valence-corrected chi connectivity index (χ0v) is 18.6. The van der Waals surface area contributed by atoms with Crippen molar-refractivity contribution >= 4 is 23.1 Å². The third-order valence-electron chi connectivity index (χ3n) is 5.93. The molecule has 4 heteroatoms. The molecule has 0 spiro atoms. The van der Waals surface area contributed by atoms with E-state index in [0.717, 1.165) is 11.1 Å². The topological polar surface area (TPSA) is 71.4 Å². The van der Waals surface area contributed by atoms with Crippen LogP contribution in [0.4, 0.5) is 0 Å². The lowest BCUT2D eigenvalue weighted by Crippen LogP contribution is -2.01. The zero-order valence-electron chi connectivity index (χ0n) is 18.6. The van der Waals surface area contributed by atoms with Gasteiger partial charge >= 0.3 is 0 Å². The highest BCUT2D eigenvalue weighted by molar-refractivity contribution is 6.39. The first-order valence-corrected chi connectivity index (χ1v) is 11.0. The lowest BCUT2D eigenvalue weighted by molar-refractivity contribution is 0.0986. The minimum Gasteiger partial charge on any atom is -0.507 e. The van der Waals surface area contributed by atoms with Crippen LogP contribution in [0.1, 0.15) is 63.3 Å². The third kappa shape index (κ3) is 4.08. The Labute approximate surface area is 193 Å². The van der Waals surface area contributed by atoms with Crippen LogP contribution in [0.5, 0.6) is 0 Å². The summed E-state index contributed by atoms with van der Waals surface area (Å²) in [5, 5.41) is 10.5. The predicted octanol–water partition coefficient (Wildman–Crippen LogP) is 6.39. The molecular weight excluding hydrogens is 412 g/mol. The Morgan fingerprint density at radius 3 is 1.79 bits per heavy atom. The highest BCUT2D eigenvalue weighted by Crippen LogP contribution is 2.32. The van der Waals surface area contributed by atoms with E-state index in [1.807, 2.05) is 32.1 Å². The summed E-state index contributed by atoms with van der Waals surface area (Å²) >= 11 is 0. The Kier molecular flexibility index (Phi) is 6.18. The van der Waals surface area contributed by atoms with E-state index in [0.29, 0.717) is 40.7 Å². The number of rotatable bonds is 6. The summed E-state index contributed by atoms with van der Waals surface area (Å²) in [6.07, 6.45) is 10.3. The Hall–Kier alpha value is -4.05. The normalized spacial score (nSPS) is 16.2. The van der Waals surface area contributed by atoms with Crippen LogP contribution < -0.4 is 0 Å². The molecule has 0 aliphatic heterocycles. The van der Waals surface area contributed by atoms with Crippen LogP contribution in [0, 0.1) is 0 Å². The molecule has 4 rings (SSSR count). The van der Waals surface area contributed by atoms with E-state index in [4.69, 9.17) is 0 Å². The number of hydrogen-bond acceptors (Lipinski definition) is 4. The maximum absolute atomic E-state index is 12.7. The fraction of sp³-hybridized carbons (Fsp3) is 0.138. The standard InChI is InChI=1S/C29H24O4/c1-3-18(16-24-26(30)20-12-5-6-13-21(20)27(24)31)10-9-11-19(4-2)17-25-28(32)22-14-7-8-15-23(22)29(25)33/h5-17,30H,3-4H2,1-2H3/b10-9+,18-16+,19-11+. The summed E-state index contributed by atoms with van der Waals surface area (Å²) in [7, 11) is 0. The van der Waals surface area contributed by atoms with Crippen molar-refractivity contribution in [2.45, 2.75) is 26.7 Å². The molecule has 0 heterocycles. The van der Waals surface area contributed by atoms with Gasteiger partial charge in [0, 0.05) is 22.3 Å². The summed E-state index contributed by atoms with van der Waals surface area (Å²) in [5.74, 6) is -0.665. The number of hydrogen-bond donors (Lipinski definition) is 1. The van der Waals surface area contributed by atoms with E-state index >= 15 is 0 Å². The van der Waals surface area contributed by atoms with E-state index in [2.05, 4.69) is 0 Å². The molecule has 0 atom stereocenters. The molecule has 164 valence electrons. The van der Waals surface area contributed by atoms with Gasteiger partial charge in [-0.25, -0.2) is 0 Å². The minimum atomic E-state index is -0.241. The van der Waals surface area contributed by atoms with Crippen LogP contribution in [-0.4, -0.2) is 22.5 Å². The second kappa shape index (κ2) is 9.21. The molecule has 2 aliphatic rings. The quantitative estimate of drug-likeness (QED) is 0.324. The van der Waals surface area contributed by atoms with Gasteiger partial charge in [-0.2, -0.15) is 0 Å². The number of carbonyl (C=O) groups excluding carboxylic acids is 3. The maximum atomic E-state index is 12.7. The number of aliphatic hydroxyl groups excluding tert-OH is 1. The Morgan fingerprint density at radius 2 is 1.27 bits per heavy atom. The number of allylic oxidation sites excluding steroid dienone is 9. The second-order valence-corrected chi connectivity index (χ2v) is 7.93. The maximum Gasteiger partial charge on any atom is 0.197 e. The number of ketones is 3.